The van der Waals surface area contributed by atoms with Gasteiger partial charge in [-0.15, -0.1) is 0 Å². The molecule has 0 saturated carbocycles. The summed E-state index contributed by atoms with van der Waals surface area (Å²) in [5.74, 6) is 0. The fourth-order valence-corrected chi connectivity index (χ4v) is 7.99. The van der Waals surface area contributed by atoms with E-state index in [1.807, 2.05) is 0 Å². The summed E-state index contributed by atoms with van der Waals surface area (Å²) in [4.78, 5) is 4.67. The number of fused-ring (bicyclic) bond motifs is 4. The fourth-order valence-electron chi connectivity index (χ4n) is 7.99. The molecule has 0 radical (unpaired) electrons. The van der Waals surface area contributed by atoms with Crippen LogP contribution in [-0.2, 0) is 0 Å². The van der Waals surface area contributed by atoms with Crippen molar-refractivity contribution in [1.82, 2.24) is 4.57 Å². The van der Waals surface area contributed by atoms with Crippen LogP contribution in [0.4, 0.5) is 34.1 Å². The van der Waals surface area contributed by atoms with Crippen molar-refractivity contribution in [3.8, 4) is 16.8 Å². The highest BCUT2D eigenvalue weighted by atomic mass is 15.2. The zero-order valence-corrected chi connectivity index (χ0v) is 30.2. The second kappa shape index (κ2) is 13.9. The lowest BCUT2D eigenvalue weighted by molar-refractivity contribution is 1.18. The molecule has 0 fully saturated rings. The first-order chi connectivity index (χ1) is 27.3. The van der Waals surface area contributed by atoms with Gasteiger partial charge in [-0.25, -0.2) is 0 Å². The minimum atomic E-state index is 1.09. The van der Waals surface area contributed by atoms with Crippen LogP contribution < -0.4 is 9.80 Å². The quantitative estimate of drug-likeness (QED) is 0.156. The Hall–Kier alpha value is -7.36. The van der Waals surface area contributed by atoms with Crippen LogP contribution in [-0.4, -0.2) is 4.57 Å². The molecule has 0 bridgehead atoms. The zero-order valence-electron chi connectivity index (χ0n) is 30.2. The molecule has 0 saturated heterocycles. The van der Waals surface area contributed by atoms with Gasteiger partial charge in [-0.2, -0.15) is 0 Å². The van der Waals surface area contributed by atoms with E-state index in [4.69, 9.17) is 0 Å². The molecule has 55 heavy (non-hydrogen) atoms. The predicted molar refractivity (Wildman–Crippen MR) is 233 cm³/mol. The largest absolute Gasteiger partial charge is 0.311 e. The minimum Gasteiger partial charge on any atom is -0.311 e. The summed E-state index contributed by atoms with van der Waals surface area (Å²) in [5.41, 5.74) is 12.6. The monoisotopic (exact) mass is 703 g/mol. The zero-order chi connectivity index (χ0) is 36.6. The number of hydrogen-bond donors (Lipinski definition) is 0. The predicted octanol–water partition coefficient (Wildman–Crippen LogP) is 14.5. The summed E-state index contributed by atoms with van der Waals surface area (Å²) in [6, 6.07) is 80.4. The van der Waals surface area contributed by atoms with Crippen LogP contribution >= 0.6 is 0 Å². The van der Waals surface area contributed by atoms with Crippen molar-refractivity contribution >= 4 is 66.7 Å². The van der Waals surface area contributed by atoms with Gasteiger partial charge in [0.25, 0.3) is 0 Å². The number of rotatable bonds is 8. The summed E-state index contributed by atoms with van der Waals surface area (Å²) < 4.78 is 2.36. The summed E-state index contributed by atoms with van der Waals surface area (Å²) >= 11 is 0. The van der Waals surface area contributed by atoms with Gasteiger partial charge in [0.2, 0.25) is 0 Å². The lowest BCUT2D eigenvalue weighted by atomic mass is 10.0. The highest BCUT2D eigenvalue weighted by Crippen LogP contribution is 2.42. The first-order valence-corrected chi connectivity index (χ1v) is 18.8. The molecular formula is C52H37N3. The van der Waals surface area contributed by atoms with E-state index in [1.54, 1.807) is 0 Å². The number of nitrogens with zero attached hydrogens (tertiary/aromatic N) is 3. The Morgan fingerprint density at radius 1 is 0.273 bits per heavy atom. The molecule has 260 valence electrons. The number of hydrogen-bond acceptors (Lipinski definition) is 2. The Balaban J connectivity index is 1.02. The van der Waals surface area contributed by atoms with Gasteiger partial charge >= 0.3 is 0 Å². The van der Waals surface area contributed by atoms with Gasteiger partial charge in [-0.3, -0.25) is 0 Å². The normalized spacial score (nSPS) is 11.3. The van der Waals surface area contributed by atoms with Gasteiger partial charge in [-0.1, -0.05) is 133 Å². The van der Waals surface area contributed by atoms with Crippen LogP contribution in [0.2, 0.25) is 0 Å². The van der Waals surface area contributed by atoms with E-state index in [1.165, 1.54) is 43.7 Å². The van der Waals surface area contributed by atoms with E-state index >= 15 is 0 Å². The second-order valence-corrected chi connectivity index (χ2v) is 13.8. The molecule has 0 aliphatic rings. The van der Waals surface area contributed by atoms with E-state index in [-0.39, 0.29) is 0 Å². The van der Waals surface area contributed by atoms with Crippen LogP contribution in [0.25, 0.3) is 49.4 Å². The third kappa shape index (κ3) is 5.89. The van der Waals surface area contributed by atoms with Crippen LogP contribution in [0.5, 0.6) is 0 Å². The standard InChI is InChI=1S/C52H37N3/c1-3-16-41(17-4-1)53(42-18-5-2-6-19-42)43-34-36-45(37-35-43)54(50-25-13-15-40-14-7-8-20-47(40)50)44-30-26-38(27-31-44)39-28-32-46(33-29-39)55-51-23-11-9-21-48(51)49-22-10-12-24-52(49)55/h1-37H. The molecule has 0 aliphatic heterocycles. The van der Waals surface area contributed by atoms with Gasteiger partial charge in [0.05, 0.1) is 16.7 Å². The second-order valence-electron chi connectivity index (χ2n) is 13.8. The smallest absolute Gasteiger partial charge is 0.0541 e. The van der Waals surface area contributed by atoms with Crippen LogP contribution in [0.3, 0.4) is 0 Å². The van der Waals surface area contributed by atoms with Crippen molar-refractivity contribution in [3.63, 3.8) is 0 Å². The van der Waals surface area contributed by atoms with Gasteiger partial charge in [0.1, 0.15) is 0 Å². The molecule has 1 heterocycles. The molecule has 0 aliphatic carbocycles. The average Bonchev–Trinajstić information content (AvgIpc) is 3.60. The molecule has 10 rings (SSSR count). The topological polar surface area (TPSA) is 11.4 Å². The molecule has 9 aromatic carbocycles. The fraction of sp³-hybridized carbons (Fsp3) is 0. The molecule has 3 nitrogen and oxygen atoms in total. The van der Waals surface area contributed by atoms with Crippen LogP contribution in [0.15, 0.2) is 224 Å². The SMILES string of the molecule is c1ccc(N(c2ccccc2)c2ccc(N(c3ccc(-c4ccc(-n5c6ccccc6c6ccccc65)cc4)cc3)c3cccc4ccccc34)cc2)cc1. The van der Waals surface area contributed by atoms with E-state index in [0.29, 0.717) is 0 Å². The molecule has 0 N–H and O–H groups in total. The Morgan fingerprint density at radius 2 is 0.673 bits per heavy atom. The van der Waals surface area contributed by atoms with Crippen LogP contribution in [0.1, 0.15) is 0 Å². The van der Waals surface area contributed by atoms with E-state index in [2.05, 4.69) is 239 Å². The van der Waals surface area contributed by atoms with Crippen molar-refractivity contribution in [3.05, 3.63) is 224 Å². The Morgan fingerprint density at radius 3 is 1.24 bits per heavy atom. The lowest BCUT2D eigenvalue weighted by Gasteiger charge is -2.29. The highest BCUT2D eigenvalue weighted by Gasteiger charge is 2.18. The minimum absolute atomic E-state index is 1.09. The third-order valence-electron chi connectivity index (χ3n) is 10.6. The highest BCUT2D eigenvalue weighted by molar-refractivity contribution is 6.09. The van der Waals surface area contributed by atoms with Crippen molar-refractivity contribution in [2.24, 2.45) is 0 Å². The maximum Gasteiger partial charge on any atom is 0.0541 e. The molecule has 0 unspecified atom stereocenters. The molecule has 1 aromatic heterocycles. The maximum atomic E-state index is 2.37. The van der Waals surface area contributed by atoms with Gasteiger partial charge in [0.15, 0.2) is 0 Å². The van der Waals surface area contributed by atoms with Crippen molar-refractivity contribution < 1.29 is 0 Å². The summed E-state index contributed by atoms with van der Waals surface area (Å²) in [6.07, 6.45) is 0. The van der Waals surface area contributed by atoms with Crippen molar-refractivity contribution in [1.29, 1.82) is 0 Å². The number of para-hydroxylation sites is 4. The van der Waals surface area contributed by atoms with Crippen LogP contribution in [0, 0.1) is 0 Å². The molecule has 0 amide bonds. The van der Waals surface area contributed by atoms with E-state index in [0.717, 1.165) is 39.8 Å². The Kier molecular flexibility index (Phi) is 8.16. The average molecular weight is 704 g/mol. The Labute approximate surface area is 321 Å². The first-order valence-electron chi connectivity index (χ1n) is 18.8. The number of aromatic nitrogens is 1. The van der Waals surface area contributed by atoms with Gasteiger partial charge < -0.3 is 14.4 Å². The van der Waals surface area contributed by atoms with Crippen molar-refractivity contribution in [2.75, 3.05) is 9.80 Å². The molecule has 10 aromatic rings. The molecule has 0 atom stereocenters. The first kappa shape index (κ1) is 32.3. The third-order valence-corrected chi connectivity index (χ3v) is 10.6. The summed E-state index contributed by atoms with van der Waals surface area (Å²) in [6.45, 7) is 0. The molecular weight excluding hydrogens is 667 g/mol. The lowest BCUT2D eigenvalue weighted by Crippen LogP contribution is -2.12. The summed E-state index contributed by atoms with van der Waals surface area (Å²) in [7, 11) is 0. The van der Waals surface area contributed by atoms with E-state index < -0.39 is 0 Å². The Bertz CT molecular complexity index is 2800. The summed E-state index contributed by atoms with van der Waals surface area (Å²) in [5, 5.41) is 4.95. The van der Waals surface area contributed by atoms with E-state index in [9.17, 15) is 0 Å². The van der Waals surface area contributed by atoms with Gasteiger partial charge in [0, 0.05) is 50.3 Å². The maximum absolute atomic E-state index is 2.37. The number of benzene rings is 9. The molecule has 3 heteroatoms. The van der Waals surface area contributed by atoms with Gasteiger partial charge in [-0.05, 0) is 108 Å². The number of anilines is 6. The van der Waals surface area contributed by atoms with Crippen molar-refractivity contribution in [2.45, 2.75) is 0 Å². The molecule has 0 spiro atoms.